The zero-order valence-corrected chi connectivity index (χ0v) is 15.0. The fraction of sp³-hybridized carbons (Fsp3) is 0.176. The number of hydrogen-bond acceptors (Lipinski definition) is 4. The van der Waals surface area contributed by atoms with Gasteiger partial charge in [0.05, 0.1) is 0 Å². The molecular formula is C17H14Cl2N2OS. The van der Waals surface area contributed by atoms with Crippen LogP contribution in [0, 0.1) is 13.8 Å². The first-order valence-corrected chi connectivity index (χ1v) is 8.74. The summed E-state index contributed by atoms with van der Waals surface area (Å²) in [6, 6.07) is 11.6. The molecule has 0 atom stereocenters. The summed E-state index contributed by atoms with van der Waals surface area (Å²) in [7, 11) is 0. The third-order valence-electron chi connectivity index (χ3n) is 3.24. The van der Waals surface area contributed by atoms with Crippen LogP contribution in [0.1, 0.15) is 16.7 Å². The van der Waals surface area contributed by atoms with E-state index in [1.54, 1.807) is 6.07 Å². The van der Waals surface area contributed by atoms with Crippen LogP contribution in [-0.2, 0) is 5.75 Å². The number of thioether (sulfide) groups is 1. The Kier molecular flexibility index (Phi) is 4.95. The Morgan fingerprint density at radius 1 is 1.00 bits per heavy atom. The highest BCUT2D eigenvalue weighted by molar-refractivity contribution is 7.98. The molecule has 0 aliphatic heterocycles. The molecule has 0 N–H and O–H groups in total. The van der Waals surface area contributed by atoms with Crippen LogP contribution < -0.4 is 0 Å². The highest BCUT2D eigenvalue weighted by Crippen LogP contribution is 2.30. The maximum absolute atomic E-state index is 6.17. The molecular weight excluding hydrogens is 351 g/mol. The van der Waals surface area contributed by atoms with Crippen molar-refractivity contribution >= 4 is 35.0 Å². The molecule has 0 radical (unpaired) electrons. The molecule has 0 saturated carbocycles. The van der Waals surface area contributed by atoms with Gasteiger partial charge in [-0.05, 0) is 43.7 Å². The van der Waals surface area contributed by atoms with E-state index in [0.717, 1.165) is 11.1 Å². The summed E-state index contributed by atoms with van der Waals surface area (Å²) in [4.78, 5) is 0. The van der Waals surface area contributed by atoms with Crippen molar-refractivity contribution in [2.45, 2.75) is 24.8 Å². The molecule has 118 valence electrons. The summed E-state index contributed by atoms with van der Waals surface area (Å²) >= 11 is 13.5. The summed E-state index contributed by atoms with van der Waals surface area (Å²) in [5.41, 5.74) is 4.25. The SMILES string of the molecule is Cc1cc(C)cc(-c2nnc(SCc3ccc(Cl)cc3Cl)o2)c1. The lowest BCUT2D eigenvalue weighted by Gasteiger charge is -2.02. The molecule has 3 nitrogen and oxygen atoms in total. The molecule has 3 rings (SSSR count). The van der Waals surface area contributed by atoms with E-state index >= 15 is 0 Å². The minimum Gasteiger partial charge on any atom is -0.411 e. The first-order valence-electron chi connectivity index (χ1n) is 7.00. The number of hydrogen-bond donors (Lipinski definition) is 0. The highest BCUT2D eigenvalue weighted by atomic mass is 35.5. The number of halogens is 2. The zero-order chi connectivity index (χ0) is 16.4. The molecule has 0 saturated heterocycles. The quantitative estimate of drug-likeness (QED) is 0.536. The van der Waals surface area contributed by atoms with Gasteiger partial charge in [0.2, 0.25) is 5.89 Å². The van der Waals surface area contributed by atoms with Crippen LogP contribution in [0.2, 0.25) is 10.0 Å². The molecule has 23 heavy (non-hydrogen) atoms. The lowest BCUT2D eigenvalue weighted by molar-refractivity contribution is 0.466. The molecule has 0 spiro atoms. The maximum atomic E-state index is 6.17. The molecule has 0 fully saturated rings. The Balaban J connectivity index is 1.74. The third-order valence-corrected chi connectivity index (χ3v) is 4.70. The second-order valence-electron chi connectivity index (χ2n) is 5.27. The second-order valence-corrected chi connectivity index (χ2v) is 7.04. The summed E-state index contributed by atoms with van der Waals surface area (Å²) < 4.78 is 5.74. The number of nitrogens with zero attached hydrogens (tertiary/aromatic N) is 2. The predicted octanol–water partition coefficient (Wildman–Crippen LogP) is 5.95. The predicted molar refractivity (Wildman–Crippen MR) is 95.2 cm³/mol. The van der Waals surface area contributed by atoms with Gasteiger partial charge in [-0.25, -0.2) is 0 Å². The molecule has 6 heteroatoms. The van der Waals surface area contributed by atoms with E-state index in [-0.39, 0.29) is 0 Å². The number of benzene rings is 2. The van der Waals surface area contributed by atoms with Gasteiger partial charge in [0.15, 0.2) is 0 Å². The van der Waals surface area contributed by atoms with Crippen LogP contribution in [0.15, 0.2) is 46.0 Å². The smallest absolute Gasteiger partial charge is 0.277 e. The third kappa shape index (κ3) is 4.08. The lowest BCUT2D eigenvalue weighted by atomic mass is 10.1. The fourth-order valence-corrected chi connectivity index (χ4v) is 3.58. The standard InChI is InChI=1S/C17H14Cl2N2OS/c1-10-5-11(2)7-13(6-10)16-20-21-17(22-16)23-9-12-3-4-14(18)8-15(12)19/h3-8H,9H2,1-2H3. The summed E-state index contributed by atoms with van der Waals surface area (Å²) in [6.45, 7) is 4.09. The van der Waals surface area contributed by atoms with Gasteiger partial charge in [-0.2, -0.15) is 0 Å². The van der Waals surface area contributed by atoms with Crippen molar-refractivity contribution in [2.24, 2.45) is 0 Å². The van der Waals surface area contributed by atoms with E-state index in [9.17, 15) is 0 Å². The summed E-state index contributed by atoms with van der Waals surface area (Å²) in [5, 5.41) is 10.00. The minimum absolute atomic E-state index is 0.519. The van der Waals surface area contributed by atoms with Gasteiger partial charge in [-0.15, -0.1) is 10.2 Å². The maximum Gasteiger partial charge on any atom is 0.277 e. The van der Waals surface area contributed by atoms with Gasteiger partial charge < -0.3 is 4.42 Å². The molecule has 0 aliphatic rings. The fourth-order valence-electron chi connectivity index (χ4n) is 2.26. The van der Waals surface area contributed by atoms with E-state index in [1.165, 1.54) is 22.9 Å². The lowest BCUT2D eigenvalue weighted by Crippen LogP contribution is -1.82. The van der Waals surface area contributed by atoms with E-state index in [2.05, 4.69) is 16.3 Å². The number of aryl methyl sites for hydroxylation is 2. The monoisotopic (exact) mass is 364 g/mol. The van der Waals surface area contributed by atoms with Crippen LogP contribution in [-0.4, -0.2) is 10.2 Å². The van der Waals surface area contributed by atoms with Crippen molar-refractivity contribution in [1.29, 1.82) is 0 Å². The molecule has 3 aromatic rings. The second kappa shape index (κ2) is 6.95. The normalized spacial score (nSPS) is 11.0. The van der Waals surface area contributed by atoms with E-state index < -0.39 is 0 Å². The Morgan fingerprint density at radius 2 is 1.74 bits per heavy atom. The van der Waals surface area contributed by atoms with E-state index in [4.69, 9.17) is 27.6 Å². The van der Waals surface area contributed by atoms with Crippen molar-refractivity contribution in [1.82, 2.24) is 10.2 Å². The van der Waals surface area contributed by atoms with Gasteiger partial charge in [0.25, 0.3) is 5.22 Å². The van der Waals surface area contributed by atoms with Crippen LogP contribution in [0.3, 0.4) is 0 Å². The molecule has 1 heterocycles. The Morgan fingerprint density at radius 3 is 2.43 bits per heavy atom. The molecule has 1 aromatic heterocycles. The zero-order valence-electron chi connectivity index (χ0n) is 12.6. The van der Waals surface area contributed by atoms with Crippen LogP contribution in [0.25, 0.3) is 11.5 Å². The molecule has 0 amide bonds. The van der Waals surface area contributed by atoms with Gasteiger partial charge in [0.1, 0.15) is 0 Å². The molecule has 0 aliphatic carbocycles. The summed E-state index contributed by atoms with van der Waals surface area (Å²) in [6.07, 6.45) is 0. The van der Waals surface area contributed by atoms with E-state index in [1.807, 2.05) is 38.1 Å². The Bertz CT molecular complexity index is 828. The first-order chi connectivity index (χ1) is 11.0. The van der Waals surface area contributed by atoms with Crippen molar-refractivity contribution in [3.05, 3.63) is 63.1 Å². The van der Waals surface area contributed by atoms with Gasteiger partial charge in [-0.3, -0.25) is 0 Å². The average Bonchev–Trinajstić information content (AvgIpc) is 2.94. The van der Waals surface area contributed by atoms with Crippen LogP contribution in [0.5, 0.6) is 0 Å². The van der Waals surface area contributed by atoms with Crippen LogP contribution in [0.4, 0.5) is 0 Å². The Labute approximate surface area is 149 Å². The topological polar surface area (TPSA) is 38.9 Å². The van der Waals surface area contributed by atoms with Crippen molar-refractivity contribution in [2.75, 3.05) is 0 Å². The van der Waals surface area contributed by atoms with Crippen LogP contribution >= 0.6 is 35.0 Å². The average molecular weight is 365 g/mol. The Hall–Kier alpha value is -1.49. The largest absolute Gasteiger partial charge is 0.411 e. The van der Waals surface area contributed by atoms with Gasteiger partial charge in [-0.1, -0.05) is 58.2 Å². The van der Waals surface area contributed by atoms with Crippen molar-refractivity contribution in [3.63, 3.8) is 0 Å². The number of aromatic nitrogens is 2. The molecule has 0 bridgehead atoms. The van der Waals surface area contributed by atoms with E-state index in [0.29, 0.717) is 26.9 Å². The number of rotatable bonds is 4. The van der Waals surface area contributed by atoms with Gasteiger partial charge in [0, 0.05) is 21.4 Å². The first kappa shape index (κ1) is 16.4. The summed E-state index contributed by atoms with van der Waals surface area (Å²) in [5.74, 6) is 1.17. The molecule has 0 unspecified atom stereocenters. The van der Waals surface area contributed by atoms with Crippen molar-refractivity contribution < 1.29 is 4.42 Å². The highest BCUT2D eigenvalue weighted by Gasteiger charge is 2.11. The van der Waals surface area contributed by atoms with Crippen molar-refractivity contribution in [3.8, 4) is 11.5 Å². The molecule has 2 aromatic carbocycles. The minimum atomic E-state index is 0.519. The van der Waals surface area contributed by atoms with Gasteiger partial charge >= 0.3 is 0 Å².